The van der Waals surface area contributed by atoms with E-state index in [-0.39, 0.29) is 11.2 Å². The molecule has 1 aromatic carbocycles. The number of benzene rings is 1. The van der Waals surface area contributed by atoms with E-state index in [0.717, 1.165) is 24.0 Å². The van der Waals surface area contributed by atoms with E-state index in [1.54, 1.807) is 6.92 Å². The molecular weight excluding hydrogens is 290 g/mol. The monoisotopic (exact) mass is 311 g/mol. The first-order chi connectivity index (χ1) is 8.42. The van der Waals surface area contributed by atoms with Gasteiger partial charge < -0.3 is 10.1 Å². The van der Waals surface area contributed by atoms with Crippen molar-refractivity contribution in [2.24, 2.45) is 0 Å². The summed E-state index contributed by atoms with van der Waals surface area (Å²) in [4.78, 5) is 10.8. The van der Waals surface area contributed by atoms with Crippen LogP contribution in [0.25, 0.3) is 0 Å². The summed E-state index contributed by atoms with van der Waals surface area (Å²) in [6, 6.07) is 8.43. The summed E-state index contributed by atoms with van der Waals surface area (Å²) in [5.41, 5.74) is 1.41. The van der Waals surface area contributed by atoms with Crippen molar-refractivity contribution in [1.29, 1.82) is 0 Å². The van der Waals surface area contributed by atoms with Gasteiger partial charge in [-0.25, -0.2) is 0 Å². The first-order valence-electron chi connectivity index (χ1n) is 6.38. The third-order valence-corrected chi connectivity index (χ3v) is 3.55. The normalized spacial score (nSPS) is 11.6. The minimum Gasteiger partial charge on any atom is -0.316 e. The summed E-state index contributed by atoms with van der Waals surface area (Å²) in [6.45, 7) is 7.92. The summed E-state index contributed by atoms with van der Waals surface area (Å²) in [7, 11) is 0. The zero-order chi connectivity index (χ0) is 13.6. The highest BCUT2D eigenvalue weighted by atomic mass is 79.9. The van der Waals surface area contributed by atoms with Gasteiger partial charge in [0, 0.05) is 22.9 Å². The maximum Gasteiger partial charge on any atom is 0.129 e. The summed E-state index contributed by atoms with van der Waals surface area (Å²) >= 11 is 3.51. The molecule has 0 aliphatic carbocycles. The molecule has 0 heterocycles. The second-order valence-electron chi connectivity index (χ2n) is 5.38. The van der Waals surface area contributed by atoms with Crippen LogP contribution < -0.4 is 5.32 Å². The van der Waals surface area contributed by atoms with Gasteiger partial charge in [0.1, 0.15) is 5.78 Å². The number of hydrogen-bond acceptors (Lipinski definition) is 2. The lowest BCUT2D eigenvalue weighted by atomic mass is 9.84. The van der Waals surface area contributed by atoms with Crippen molar-refractivity contribution in [2.45, 2.75) is 39.0 Å². The first kappa shape index (κ1) is 15.4. The Morgan fingerprint density at radius 1 is 1.39 bits per heavy atom. The van der Waals surface area contributed by atoms with E-state index in [9.17, 15) is 4.79 Å². The number of carbonyl (C=O) groups excluding carboxylic acids is 1. The number of ketones is 1. The zero-order valence-electron chi connectivity index (χ0n) is 11.4. The molecule has 2 nitrogen and oxygen atoms in total. The molecular formula is C15H22BrNO. The van der Waals surface area contributed by atoms with Crippen LogP contribution in [0.4, 0.5) is 0 Å². The molecule has 0 aliphatic rings. The molecule has 3 heteroatoms. The molecule has 0 bridgehead atoms. The number of carbonyl (C=O) groups is 1. The topological polar surface area (TPSA) is 29.1 Å². The van der Waals surface area contributed by atoms with Crippen molar-refractivity contribution in [3.63, 3.8) is 0 Å². The van der Waals surface area contributed by atoms with Crippen molar-refractivity contribution in [3.05, 3.63) is 34.3 Å². The Morgan fingerprint density at radius 2 is 2.11 bits per heavy atom. The van der Waals surface area contributed by atoms with Crippen molar-refractivity contribution in [3.8, 4) is 0 Å². The highest BCUT2D eigenvalue weighted by molar-refractivity contribution is 9.10. The van der Waals surface area contributed by atoms with Crippen molar-refractivity contribution in [2.75, 3.05) is 13.1 Å². The highest BCUT2D eigenvalue weighted by Crippen LogP contribution is 2.24. The highest BCUT2D eigenvalue weighted by Gasteiger charge is 2.19. The van der Waals surface area contributed by atoms with E-state index < -0.39 is 0 Å². The third kappa shape index (κ3) is 5.32. The van der Waals surface area contributed by atoms with Crippen LogP contribution in [-0.4, -0.2) is 18.9 Å². The van der Waals surface area contributed by atoms with Crippen LogP contribution in [0.5, 0.6) is 0 Å². The molecule has 0 fully saturated rings. The molecule has 0 aliphatic heterocycles. The van der Waals surface area contributed by atoms with Crippen LogP contribution >= 0.6 is 15.9 Å². The molecule has 1 aromatic rings. The number of Topliss-reactive ketones (excluding diaryl/α,β-unsaturated/α-hetero) is 1. The van der Waals surface area contributed by atoms with E-state index in [0.29, 0.717) is 6.42 Å². The van der Waals surface area contributed by atoms with Gasteiger partial charge in [-0.05, 0) is 37.6 Å². The summed E-state index contributed by atoms with van der Waals surface area (Å²) in [5, 5.41) is 3.43. The van der Waals surface area contributed by atoms with E-state index >= 15 is 0 Å². The van der Waals surface area contributed by atoms with Crippen LogP contribution in [0.2, 0.25) is 0 Å². The number of hydrogen-bond donors (Lipinski definition) is 1. The van der Waals surface area contributed by atoms with Gasteiger partial charge in [0.15, 0.2) is 0 Å². The average molecular weight is 312 g/mol. The van der Waals surface area contributed by atoms with Gasteiger partial charge in [0.2, 0.25) is 0 Å². The van der Waals surface area contributed by atoms with E-state index in [4.69, 9.17) is 0 Å². The van der Waals surface area contributed by atoms with Crippen molar-refractivity contribution >= 4 is 21.7 Å². The van der Waals surface area contributed by atoms with Crippen LogP contribution in [0, 0.1) is 0 Å². The molecule has 100 valence electrons. The van der Waals surface area contributed by atoms with Crippen LogP contribution in [-0.2, 0) is 10.2 Å². The lowest BCUT2D eigenvalue weighted by molar-refractivity contribution is -0.117. The van der Waals surface area contributed by atoms with Gasteiger partial charge >= 0.3 is 0 Å². The van der Waals surface area contributed by atoms with Crippen LogP contribution in [0.3, 0.4) is 0 Å². The lowest BCUT2D eigenvalue weighted by Crippen LogP contribution is -2.33. The van der Waals surface area contributed by atoms with Crippen molar-refractivity contribution in [1.82, 2.24) is 5.32 Å². The molecule has 0 spiro atoms. The fourth-order valence-electron chi connectivity index (χ4n) is 1.87. The van der Waals surface area contributed by atoms with Crippen molar-refractivity contribution < 1.29 is 4.79 Å². The maximum atomic E-state index is 10.8. The molecule has 0 saturated heterocycles. The number of halogens is 1. The molecule has 0 atom stereocenters. The minimum atomic E-state index is 0.0972. The van der Waals surface area contributed by atoms with Crippen LogP contribution in [0.15, 0.2) is 28.7 Å². The van der Waals surface area contributed by atoms with Crippen LogP contribution in [0.1, 0.15) is 39.2 Å². The second-order valence-corrected chi connectivity index (χ2v) is 6.29. The Kier molecular flexibility index (Phi) is 6.03. The Hall–Kier alpha value is -0.670. The summed E-state index contributed by atoms with van der Waals surface area (Å²) in [6.07, 6.45) is 1.59. The van der Waals surface area contributed by atoms with Gasteiger partial charge in [0.25, 0.3) is 0 Å². The van der Waals surface area contributed by atoms with E-state index in [2.05, 4.69) is 53.3 Å². The summed E-state index contributed by atoms with van der Waals surface area (Å²) < 4.78 is 1.12. The molecule has 0 amide bonds. The van der Waals surface area contributed by atoms with Gasteiger partial charge in [0.05, 0.1) is 0 Å². The molecule has 1 rings (SSSR count). The molecule has 0 unspecified atom stereocenters. The van der Waals surface area contributed by atoms with Gasteiger partial charge in [-0.15, -0.1) is 0 Å². The second kappa shape index (κ2) is 7.05. The fraction of sp³-hybridized carbons (Fsp3) is 0.533. The van der Waals surface area contributed by atoms with E-state index in [1.165, 1.54) is 5.56 Å². The minimum absolute atomic E-state index is 0.0972. The zero-order valence-corrected chi connectivity index (χ0v) is 13.0. The van der Waals surface area contributed by atoms with Gasteiger partial charge in [-0.1, -0.05) is 41.9 Å². The predicted octanol–water partition coefficient (Wildman–Crippen LogP) is 3.69. The largest absolute Gasteiger partial charge is 0.316 e. The molecule has 0 radical (unpaired) electrons. The predicted molar refractivity (Wildman–Crippen MR) is 80.0 cm³/mol. The maximum absolute atomic E-state index is 10.8. The van der Waals surface area contributed by atoms with Gasteiger partial charge in [-0.2, -0.15) is 0 Å². The number of rotatable bonds is 7. The first-order valence-corrected chi connectivity index (χ1v) is 7.17. The summed E-state index contributed by atoms with van der Waals surface area (Å²) in [5.74, 6) is 0.267. The quantitative estimate of drug-likeness (QED) is 0.778. The average Bonchev–Trinajstić information content (AvgIpc) is 2.28. The third-order valence-electron chi connectivity index (χ3n) is 3.06. The molecule has 18 heavy (non-hydrogen) atoms. The Labute approximate surface area is 118 Å². The Bertz CT molecular complexity index is 401. The molecule has 0 saturated carbocycles. The Balaban J connectivity index is 2.42. The van der Waals surface area contributed by atoms with Gasteiger partial charge in [-0.3, -0.25) is 0 Å². The van der Waals surface area contributed by atoms with E-state index in [1.807, 2.05) is 6.07 Å². The Morgan fingerprint density at radius 3 is 2.72 bits per heavy atom. The SMILES string of the molecule is CC(=O)CCCNCC(C)(C)c1cccc(Br)c1. The fourth-order valence-corrected chi connectivity index (χ4v) is 2.27. The smallest absolute Gasteiger partial charge is 0.129 e. The standard InChI is InChI=1S/C15H22BrNO/c1-12(18)6-5-9-17-11-15(2,3)13-7-4-8-14(16)10-13/h4,7-8,10,17H,5-6,9,11H2,1-3H3. The number of nitrogens with one attached hydrogen (secondary N) is 1. The lowest BCUT2D eigenvalue weighted by Gasteiger charge is -2.26. The molecule has 1 N–H and O–H groups in total. The molecule has 0 aromatic heterocycles.